The van der Waals surface area contributed by atoms with Crippen molar-refractivity contribution in [3.63, 3.8) is 0 Å². The third-order valence-corrected chi connectivity index (χ3v) is 7.11. The summed E-state index contributed by atoms with van der Waals surface area (Å²) in [6, 6.07) is 10.9. The van der Waals surface area contributed by atoms with Crippen molar-refractivity contribution < 1.29 is 5.11 Å². The van der Waals surface area contributed by atoms with E-state index < -0.39 is 5.60 Å². The lowest BCUT2D eigenvalue weighted by atomic mass is 9.79. The first-order valence-electron chi connectivity index (χ1n) is 7.67. The smallest absolute Gasteiger partial charge is 0.0758 e. The molecule has 0 aliphatic heterocycles. The van der Waals surface area contributed by atoms with Crippen LogP contribution < -0.4 is 0 Å². The van der Waals surface area contributed by atoms with E-state index in [-0.39, 0.29) is 0 Å². The highest BCUT2D eigenvalue weighted by atomic mass is 79.9. The Morgan fingerprint density at radius 2 is 1.76 bits per heavy atom. The Morgan fingerprint density at radius 3 is 2.29 bits per heavy atom. The van der Waals surface area contributed by atoms with Gasteiger partial charge in [0.15, 0.2) is 0 Å². The Labute approximate surface area is 138 Å². The van der Waals surface area contributed by atoms with Crippen LogP contribution in [0, 0.1) is 11.8 Å². The minimum absolute atomic E-state index is 0.409. The van der Waals surface area contributed by atoms with E-state index in [0.29, 0.717) is 11.8 Å². The number of halogens is 1. The van der Waals surface area contributed by atoms with E-state index in [0.717, 1.165) is 23.7 Å². The summed E-state index contributed by atoms with van der Waals surface area (Å²) >= 11 is 5.29. The molecule has 1 nitrogen and oxygen atoms in total. The van der Waals surface area contributed by atoms with Gasteiger partial charge in [0.1, 0.15) is 0 Å². The van der Waals surface area contributed by atoms with Crippen LogP contribution in [0.25, 0.3) is 0 Å². The number of thiophene rings is 1. The van der Waals surface area contributed by atoms with Crippen molar-refractivity contribution in [1.82, 2.24) is 0 Å². The molecular weight excluding hydrogens is 344 g/mol. The summed E-state index contributed by atoms with van der Waals surface area (Å²) in [5.41, 5.74) is 2.38. The highest BCUT2D eigenvalue weighted by Gasteiger charge is 2.50. The van der Waals surface area contributed by atoms with Gasteiger partial charge in [0.25, 0.3) is 0 Å². The fourth-order valence-corrected chi connectivity index (χ4v) is 5.84. The van der Waals surface area contributed by atoms with E-state index in [9.17, 15) is 5.11 Å². The summed E-state index contributed by atoms with van der Waals surface area (Å²) in [5.74, 6) is 0.819. The highest BCUT2D eigenvalue weighted by Crippen LogP contribution is 2.49. The molecule has 2 aromatic rings. The summed E-state index contributed by atoms with van der Waals surface area (Å²) in [4.78, 5) is 1.30. The van der Waals surface area contributed by atoms with Crippen LogP contribution in [0.5, 0.6) is 0 Å². The Kier molecular flexibility index (Phi) is 3.48. The van der Waals surface area contributed by atoms with E-state index >= 15 is 0 Å². The summed E-state index contributed by atoms with van der Waals surface area (Å²) in [6.45, 7) is 0. The molecule has 0 spiro atoms. The van der Waals surface area contributed by atoms with Crippen LogP contribution in [0.1, 0.15) is 28.8 Å². The second-order valence-electron chi connectivity index (χ2n) is 6.55. The Morgan fingerprint density at radius 1 is 1.14 bits per heavy atom. The number of benzene rings is 1. The fourth-order valence-electron chi connectivity index (χ4n) is 4.29. The van der Waals surface area contributed by atoms with Gasteiger partial charge in [0.05, 0.1) is 5.60 Å². The maximum absolute atomic E-state index is 11.5. The lowest BCUT2D eigenvalue weighted by molar-refractivity contribution is -0.0323. The van der Waals surface area contributed by atoms with Crippen molar-refractivity contribution in [3.8, 4) is 0 Å². The SMILES string of the molecule is OC1(Cc2cc(Br)cs2)C2CCC1Cc1ccccc1C2. The van der Waals surface area contributed by atoms with Crippen LogP contribution in [0.2, 0.25) is 0 Å². The van der Waals surface area contributed by atoms with E-state index in [2.05, 4.69) is 51.6 Å². The van der Waals surface area contributed by atoms with E-state index in [1.54, 1.807) is 11.3 Å². The molecule has 2 bridgehead atoms. The molecule has 1 N–H and O–H groups in total. The third-order valence-electron chi connectivity index (χ3n) is 5.41. The van der Waals surface area contributed by atoms with Gasteiger partial charge in [-0.3, -0.25) is 0 Å². The van der Waals surface area contributed by atoms with Crippen molar-refractivity contribution in [2.24, 2.45) is 11.8 Å². The zero-order chi connectivity index (χ0) is 14.4. The minimum atomic E-state index is -0.524. The normalized spacial score (nSPS) is 31.0. The molecule has 110 valence electrons. The van der Waals surface area contributed by atoms with Crippen molar-refractivity contribution >= 4 is 27.3 Å². The number of hydrogen-bond acceptors (Lipinski definition) is 2. The van der Waals surface area contributed by atoms with Crippen LogP contribution in [0.4, 0.5) is 0 Å². The van der Waals surface area contributed by atoms with E-state index in [1.165, 1.54) is 28.8 Å². The van der Waals surface area contributed by atoms with Gasteiger partial charge in [-0.25, -0.2) is 0 Å². The monoisotopic (exact) mass is 362 g/mol. The Balaban J connectivity index is 1.68. The predicted octanol–water partition coefficient (Wildman–Crippen LogP) is 4.61. The van der Waals surface area contributed by atoms with E-state index in [1.807, 2.05) is 0 Å². The van der Waals surface area contributed by atoms with Crippen LogP contribution in [-0.4, -0.2) is 10.7 Å². The van der Waals surface area contributed by atoms with Gasteiger partial charge >= 0.3 is 0 Å². The molecule has 2 unspecified atom stereocenters. The number of aliphatic hydroxyl groups is 1. The molecule has 1 saturated carbocycles. The molecule has 2 atom stereocenters. The van der Waals surface area contributed by atoms with E-state index in [4.69, 9.17) is 0 Å². The Bertz CT molecular complexity index is 630. The molecular formula is C18H19BrOS. The first-order chi connectivity index (χ1) is 10.1. The summed E-state index contributed by atoms with van der Waals surface area (Å²) in [5, 5.41) is 13.6. The zero-order valence-electron chi connectivity index (χ0n) is 11.9. The predicted molar refractivity (Wildman–Crippen MR) is 90.7 cm³/mol. The topological polar surface area (TPSA) is 20.2 Å². The molecule has 4 rings (SSSR count). The first kappa shape index (κ1) is 14.0. The highest BCUT2D eigenvalue weighted by molar-refractivity contribution is 9.10. The number of hydrogen-bond donors (Lipinski definition) is 1. The van der Waals surface area contributed by atoms with Gasteiger partial charge in [0.2, 0.25) is 0 Å². The lowest BCUT2D eigenvalue weighted by Crippen LogP contribution is -2.42. The van der Waals surface area contributed by atoms with Crippen molar-refractivity contribution in [3.05, 3.63) is 56.2 Å². The third kappa shape index (κ3) is 2.39. The standard InChI is InChI=1S/C18H19BrOS/c19-16-9-17(21-11-16)10-18(20)14-5-6-15(18)8-13-4-2-1-3-12(13)7-14/h1-4,9,11,14-15,20H,5-8,10H2. The average molecular weight is 363 g/mol. The lowest BCUT2D eigenvalue weighted by Gasteiger charge is -2.33. The quantitative estimate of drug-likeness (QED) is 0.826. The van der Waals surface area contributed by atoms with Crippen molar-refractivity contribution in [2.75, 3.05) is 0 Å². The van der Waals surface area contributed by atoms with Gasteiger partial charge in [0, 0.05) is 21.2 Å². The van der Waals surface area contributed by atoms with Crippen LogP contribution in [-0.2, 0) is 19.3 Å². The summed E-state index contributed by atoms with van der Waals surface area (Å²) < 4.78 is 1.13. The van der Waals surface area contributed by atoms with Gasteiger partial charge in [-0.2, -0.15) is 0 Å². The molecule has 1 aromatic heterocycles. The van der Waals surface area contributed by atoms with Gasteiger partial charge in [-0.1, -0.05) is 24.3 Å². The molecule has 1 fully saturated rings. The van der Waals surface area contributed by atoms with Crippen molar-refractivity contribution in [1.29, 1.82) is 0 Å². The molecule has 21 heavy (non-hydrogen) atoms. The first-order valence-corrected chi connectivity index (χ1v) is 9.34. The van der Waals surface area contributed by atoms with Gasteiger partial charge in [-0.15, -0.1) is 11.3 Å². The molecule has 0 saturated heterocycles. The number of rotatable bonds is 2. The summed E-state index contributed by atoms with van der Waals surface area (Å²) in [6.07, 6.45) is 5.22. The second kappa shape index (κ2) is 5.22. The summed E-state index contributed by atoms with van der Waals surface area (Å²) in [7, 11) is 0. The van der Waals surface area contributed by atoms with Crippen LogP contribution in [0.15, 0.2) is 40.2 Å². The van der Waals surface area contributed by atoms with Crippen molar-refractivity contribution in [2.45, 2.75) is 37.7 Å². The largest absolute Gasteiger partial charge is 0.389 e. The second-order valence-corrected chi connectivity index (χ2v) is 8.46. The van der Waals surface area contributed by atoms with Crippen LogP contribution >= 0.6 is 27.3 Å². The molecule has 1 aromatic carbocycles. The molecule has 0 amide bonds. The van der Waals surface area contributed by atoms with Gasteiger partial charge < -0.3 is 5.11 Å². The molecule has 3 heteroatoms. The fraction of sp³-hybridized carbons (Fsp3) is 0.444. The van der Waals surface area contributed by atoms with Gasteiger partial charge in [-0.05, 0) is 70.6 Å². The maximum atomic E-state index is 11.5. The zero-order valence-corrected chi connectivity index (χ0v) is 14.3. The molecule has 0 radical (unpaired) electrons. The van der Waals surface area contributed by atoms with Crippen LogP contribution in [0.3, 0.4) is 0 Å². The maximum Gasteiger partial charge on any atom is 0.0758 e. The minimum Gasteiger partial charge on any atom is -0.389 e. The molecule has 1 heterocycles. The average Bonchev–Trinajstić information content (AvgIpc) is 2.93. The molecule has 2 aliphatic rings. The Hall–Kier alpha value is -0.640. The molecule has 2 aliphatic carbocycles. The number of fused-ring (bicyclic) bond motifs is 3.